The molecule has 0 saturated heterocycles. The second kappa shape index (κ2) is 9.93. The molecule has 0 heterocycles. The van der Waals surface area contributed by atoms with Crippen LogP contribution in [0.15, 0.2) is 72.8 Å². The van der Waals surface area contributed by atoms with Crippen LogP contribution in [-0.2, 0) is 0 Å². The minimum atomic E-state index is 0.595. The quantitative estimate of drug-likeness (QED) is 0.353. The van der Waals surface area contributed by atoms with Gasteiger partial charge in [-0.15, -0.1) is 0 Å². The van der Waals surface area contributed by atoms with Crippen molar-refractivity contribution in [3.05, 3.63) is 83.9 Å². The fourth-order valence-corrected chi connectivity index (χ4v) is 4.10. The van der Waals surface area contributed by atoms with E-state index < -0.39 is 0 Å². The van der Waals surface area contributed by atoms with Crippen molar-refractivity contribution in [1.29, 1.82) is 0 Å². The molecule has 0 aliphatic rings. The van der Waals surface area contributed by atoms with Crippen LogP contribution in [0.5, 0.6) is 0 Å². The molecule has 2 unspecified atom stereocenters. The van der Waals surface area contributed by atoms with Crippen LogP contribution in [0.25, 0.3) is 0 Å². The lowest BCUT2D eigenvalue weighted by atomic mass is 9.97. The van der Waals surface area contributed by atoms with E-state index in [0.29, 0.717) is 11.8 Å². The molecule has 3 rings (SSSR count). The van der Waals surface area contributed by atoms with E-state index in [1.807, 2.05) is 0 Å². The van der Waals surface area contributed by atoms with Crippen molar-refractivity contribution in [2.24, 2.45) is 0 Å². The summed E-state index contributed by atoms with van der Waals surface area (Å²) in [6, 6.07) is 27.2. The van der Waals surface area contributed by atoms with Gasteiger partial charge in [-0.1, -0.05) is 75.8 Å². The van der Waals surface area contributed by atoms with Crippen LogP contribution in [0.3, 0.4) is 0 Å². The first-order chi connectivity index (χ1) is 14.1. The number of rotatable bonds is 8. The maximum Gasteiger partial charge on any atom is 0.0773 e. The van der Waals surface area contributed by atoms with Gasteiger partial charge in [-0.2, -0.15) is 0 Å². The number of hydrogen-bond acceptors (Lipinski definition) is 1. The van der Waals surface area contributed by atoms with Gasteiger partial charge >= 0.3 is 0 Å². The van der Waals surface area contributed by atoms with Crippen molar-refractivity contribution in [1.82, 2.24) is 0 Å². The zero-order valence-electron chi connectivity index (χ0n) is 18.4. The maximum atomic E-state index is 2.36. The second-order valence-electron chi connectivity index (χ2n) is 7.93. The summed E-state index contributed by atoms with van der Waals surface area (Å²) in [6.45, 7) is 11.3. The van der Waals surface area contributed by atoms with Gasteiger partial charge in [0.15, 0.2) is 0 Å². The summed E-state index contributed by atoms with van der Waals surface area (Å²) in [4.78, 5) is 2.36. The van der Waals surface area contributed by atoms with Crippen molar-refractivity contribution < 1.29 is 0 Å². The molecule has 0 aliphatic carbocycles. The Balaban J connectivity index is 2.01. The molecule has 0 spiro atoms. The highest BCUT2D eigenvalue weighted by Crippen LogP contribution is 2.35. The number of benzene rings is 3. The lowest BCUT2D eigenvalue weighted by molar-refractivity contribution is 0.733. The Bertz CT molecular complexity index is 828. The summed E-state index contributed by atoms with van der Waals surface area (Å²) in [5.41, 5.74) is 6.44. The van der Waals surface area contributed by atoms with E-state index in [1.165, 1.54) is 46.2 Å². The molecule has 1 nitrogen and oxygen atoms in total. The number of anilines is 3. The molecular weight excluding hydrogens is 366 g/mol. The first-order valence-corrected chi connectivity index (χ1v) is 12.3. The third-order valence-corrected chi connectivity index (χ3v) is 6.99. The van der Waals surface area contributed by atoms with Crippen LogP contribution in [0.2, 0.25) is 6.55 Å². The highest BCUT2D eigenvalue weighted by molar-refractivity contribution is 6.51. The predicted octanol–water partition coefficient (Wildman–Crippen LogP) is 7.56. The Morgan fingerprint density at radius 1 is 0.621 bits per heavy atom. The molecular formula is C27H33NSi. The minimum Gasteiger partial charge on any atom is -0.311 e. The van der Waals surface area contributed by atoms with Crippen molar-refractivity contribution in [2.45, 2.75) is 58.9 Å². The molecule has 0 saturated carbocycles. The Labute approximate surface area is 179 Å². The molecule has 150 valence electrons. The van der Waals surface area contributed by atoms with Gasteiger partial charge in [-0.25, -0.2) is 0 Å². The molecule has 0 aromatic heterocycles. The third kappa shape index (κ3) is 5.00. The van der Waals surface area contributed by atoms with Crippen LogP contribution in [-0.4, -0.2) is 9.52 Å². The number of hydrogen-bond donors (Lipinski definition) is 0. The Morgan fingerprint density at radius 3 is 1.28 bits per heavy atom. The van der Waals surface area contributed by atoms with Crippen LogP contribution < -0.4 is 10.1 Å². The van der Waals surface area contributed by atoms with Crippen LogP contribution >= 0.6 is 0 Å². The van der Waals surface area contributed by atoms with E-state index in [1.54, 1.807) is 0 Å². The van der Waals surface area contributed by atoms with Gasteiger partial charge in [0.1, 0.15) is 0 Å². The van der Waals surface area contributed by atoms with E-state index in [0.717, 1.165) is 9.52 Å². The second-order valence-corrected chi connectivity index (χ2v) is 9.01. The molecule has 3 aromatic rings. The summed E-state index contributed by atoms with van der Waals surface area (Å²) in [6.07, 6.45) is 2.33. The highest BCUT2D eigenvalue weighted by Gasteiger charge is 2.14. The van der Waals surface area contributed by atoms with Crippen molar-refractivity contribution in [3.8, 4) is 0 Å². The smallest absolute Gasteiger partial charge is 0.0773 e. The standard InChI is InChI=1S/C27H33NSi/c1-6-20(3)22-8-12-24(13-9-22)28(26-16-18-27(29-5)19-17-26)25-14-10-23(11-15-25)21(4)7-2/h8-21H,6-7H2,1-5H3. The molecule has 2 heteroatoms. The van der Waals surface area contributed by atoms with Gasteiger partial charge in [0.05, 0.1) is 9.52 Å². The van der Waals surface area contributed by atoms with Crippen LogP contribution in [0, 0.1) is 0 Å². The molecule has 2 atom stereocenters. The topological polar surface area (TPSA) is 3.24 Å². The summed E-state index contributed by atoms with van der Waals surface area (Å²) >= 11 is 0. The Kier molecular flexibility index (Phi) is 7.32. The summed E-state index contributed by atoms with van der Waals surface area (Å²) in [7, 11) is 0.825. The van der Waals surface area contributed by atoms with Gasteiger partial charge in [0.2, 0.25) is 0 Å². The number of nitrogens with zero attached hydrogens (tertiary/aromatic N) is 1. The van der Waals surface area contributed by atoms with Gasteiger partial charge in [-0.05, 0) is 72.2 Å². The van der Waals surface area contributed by atoms with Gasteiger partial charge in [-0.3, -0.25) is 0 Å². The van der Waals surface area contributed by atoms with Crippen molar-refractivity contribution >= 4 is 31.8 Å². The maximum absolute atomic E-state index is 2.36. The Hall–Kier alpha value is -2.32. The van der Waals surface area contributed by atoms with Crippen molar-refractivity contribution in [3.63, 3.8) is 0 Å². The largest absolute Gasteiger partial charge is 0.311 e. The van der Waals surface area contributed by atoms with E-state index in [-0.39, 0.29) is 0 Å². The van der Waals surface area contributed by atoms with Gasteiger partial charge < -0.3 is 4.90 Å². The zero-order chi connectivity index (χ0) is 20.8. The monoisotopic (exact) mass is 399 g/mol. The Morgan fingerprint density at radius 2 is 0.966 bits per heavy atom. The molecule has 0 aliphatic heterocycles. The van der Waals surface area contributed by atoms with Crippen LogP contribution in [0.1, 0.15) is 63.5 Å². The first-order valence-electron chi connectivity index (χ1n) is 10.8. The van der Waals surface area contributed by atoms with Gasteiger partial charge in [0.25, 0.3) is 0 Å². The molecule has 0 amide bonds. The molecule has 0 N–H and O–H groups in total. The van der Waals surface area contributed by atoms with Gasteiger partial charge in [0, 0.05) is 17.1 Å². The molecule has 3 aromatic carbocycles. The average Bonchev–Trinajstić information content (AvgIpc) is 2.79. The van der Waals surface area contributed by atoms with E-state index in [4.69, 9.17) is 0 Å². The molecule has 29 heavy (non-hydrogen) atoms. The summed E-state index contributed by atoms with van der Waals surface area (Å²) in [5, 5.41) is 1.40. The molecule has 2 radical (unpaired) electrons. The fourth-order valence-electron chi connectivity index (χ4n) is 3.60. The first kappa shape index (κ1) is 21.4. The lowest BCUT2D eigenvalue weighted by Gasteiger charge is -2.26. The van der Waals surface area contributed by atoms with E-state index in [2.05, 4.69) is 112 Å². The highest BCUT2D eigenvalue weighted by atomic mass is 28.2. The normalized spacial score (nSPS) is 13.1. The summed E-state index contributed by atoms with van der Waals surface area (Å²) in [5.74, 6) is 1.19. The van der Waals surface area contributed by atoms with Crippen molar-refractivity contribution in [2.75, 3.05) is 4.90 Å². The summed E-state index contributed by atoms with van der Waals surface area (Å²) < 4.78 is 0. The lowest BCUT2D eigenvalue weighted by Crippen LogP contribution is -2.14. The molecule has 0 fully saturated rings. The fraction of sp³-hybridized carbons (Fsp3) is 0.333. The minimum absolute atomic E-state index is 0.595. The van der Waals surface area contributed by atoms with E-state index in [9.17, 15) is 0 Å². The predicted molar refractivity (Wildman–Crippen MR) is 130 cm³/mol. The zero-order valence-corrected chi connectivity index (χ0v) is 19.4. The average molecular weight is 400 g/mol. The molecule has 0 bridgehead atoms. The SMILES string of the molecule is CCC(C)c1ccc(N(c2ccc([Si]C)cc2)c2ccc(C(C)CC)cc2)cc1. The van der Waals surface area contributed by atoms with Crippen LogP contribution in [0.4, 0.5) is 17.1 Å². The van der Waals surface area contributed by atoms with E-state index >= 15 is 0 Å². The third-order valence-electron chi connectivity index (χ3n) is 6.08.